The summed E-state index contributed by atoms with van der Waals surface area (Å²) in [5.41, 5.74) is 15.1. The number of nitrogens with zero attached hydrogens (tertiary/aromatic N) is 1. The van der Waals surface area contributed by atoms with Gasteiger partial charge in [0.05, 0.1) is 30.3 Å². The molecule has 3 aliphatic rings. The van der Waals surface area contributed by atoms with Gasteiger partial charge in [-0.2, -0.15) is 0 Å². The summed E-state index contributed by atoms with van der Waals surface area (Å²) >= 11 is 0. The fourth-order valence-corrected chi connectivity index (χ4v) is 7.29. The number of hydrogen-bond donors (Lipinski definition) is 3. The molecule has 5 atom stereocenters. The maximum absolute atomic E-state index is 12.7. The van der Waals surface area contributed by atoms with Gasteiger partial charge < -0.3 is 15.0 Å². The number of rotatable bonds is 14. The molecule has 3 N–H and O–H groups in total. The highest BCUT2D eigenvalue weighted by molar-refractivity contribution is 5.99. The van der Waals surface area contributed by atoms with Crippen LogP contribution in [0.4, 0.5) is 5.69 Å². The lowest BCUT2D eigenvalue weighted by molar-refractivity contribution is -0.111. The molecule has 1 aromatic rings. The van der Waals surface area contributed by atoms with E-state index < -0.39 is 0 Å². The number of hydrogen-bond acceptors (Lipinski definition) is 5. The molecule has 4 rings (SSSR count). The van der Waals surface area contributed by atoms with E-state index in [9.17, 15) is 4.79 Å². The minimum absolute atomic E-state index is 0.0268. The van der Waals surface area contributed by atoms with Crippen molar-refractivity contribution in [2.24, 2.45) is 5.41 Å². The number of fused-ring (bicyclic) bond motifs is 1. The topological polar surface area (TPSA) is 65.4 Å². The Balaban J connectivity index is 1.30. The van der Waals surface area contributed by atoms with E-state index in [0.717, 1.165) is 24.1 Å². The van der Waals surface area contributed by atoms with Crippen LogP contribution < -0.4 is 16.2 Å². The number of unbranched alkanes of at least 4 members (excludes halogenated alkanes) is 1. The summed E-state index contributed by atoms with van der Waals surface area (Å²) in [6.07, 6.45) is 20.3. The maximum atomic E-state index is 12.7. The van der Waals surface area contributed by atoms with Crippen molar-refractivity contribution >= 4 is 11.6 Å². The molecule has 5 unspecified atom stereocenters. The Morgan fingerprint density at radius 1 is 1.13 bits per heavy atom. The highest BCUT2D eigenvalue weighted by Crippen LogP contribution is 2.45. The monoisotopic (exact) mass is 626 g/mol. The average Bonchev–Trinajstić information content (AvgIpc) is 3.75. The first-order valence-corrected chi connectivity index (χ1v) is 17.3. The SMILES string of the molecule is C=C(CCCC)N1C2C(C)OC(Cc3ccc(NC(=O)/C=C(C)/C=C/C=C(C)/C=C/C4=C(C)CCCC4(C)C)cc3)C(NNC)C21. The van der Waals surface area contributed by atoms with Crippen molar-refractivity contribution in [2.45, 2.75) is 124 Å². The van der Waals surface area contributed by atoms with E-state index in [0.29, 0.717) is 12.1 Å². The third-order valence-electron chi connectivity index (χ3n) is 9.83. The van der Waals surface area contributed by atoms with Crippen molar-refractivity contribution < 1.29 is 9.53 Å². The van der Waals surface area contributed by atoms with Gasteiger partial charge in [0.2, 0.25) is 5.91 Å². The number of benzene rings is 1. The highest BCUT2D eigenvalue weighted by Gasteiger charge is 2.60. The van der Waals surface area contributed by atoms with Crippen LogP contribution >= 0.6 is 0 Å². The second-order valence-electron chi connectivity index (χ2n) is 14.2. The first-order valence-electron chi connectivity index (χ1n) is 17.3. The number of carbonyl (C=O) groups is 1. The van der Waals surface area contributed by atoms with E-state index in [-0.39, 0.29) is 29.6 Å². The van der Waals surface area contributed by atoms with Crippen LogP contribution in [0.1, 0.15) is 92.6 Å². The van der Waals surface area contributed by atoms with Gasteiger partial charge in [-0.05, 0) is 101 Å². The van der Waals surface area contributed by atoms with E-state index >= 15 is 0 Å². The molecule has 0 aromatic heterocycles. The molecule has 46 heavy (non-hydrogen) atoms. The Labute approximate surface area is 278 Å². The normalized spacial score (nSPS) is 26.5. The fourth-order valence-electron chi connectivity index (χ4n) is 7.29. The number of allylic oxidation sites excluding steroid dienone is 10. The molecule has 0 saturated carbocycles. The Morgan fingerprint density at radius 3 is 2.54 bits per heavy atom. The van der Waals surface area contributed by atoms with Gasteiger partial charge in [-0.1, -0.05) is 87.4 Å². The Morgan fingerprint density at radius 2 is 1.87 bits per heavy atom. The minimum Gasteiger partial charge on any atom is -0.371 e. The van der Waals surface area contributed by atoms with Crippen LogP contribution in [0.2, 0.25) is 0 Å². The number of carbonyl (C=O) groups excluding carboxylic acids is 1. The molecule has 1 aliphatic carbocycles. The average molecular weight is 627 g/mol. The van der Waals surface area contributed by atoms with Gasteiger partial charge in [0, 0.05) is 23.9 Å². The molecule has 1 aromatic carbocycles. The molecule has 0 radical (unpaired) electrons. The van der Waals surface area contributed by atoms with Gasteiger partial charge in [0.25, 0.3) is 0 Å². The van der Waals surface area contributed by atoms with E-state index in [1.807, 2.05) is 38.3 Å². The van der Waals surface area contributed by atoms with E-state index in [1.54, 1.807) is 6.08 Å². The number of anilines is 1. The molecular formula is C40H58N4O2. The summed E-state index contributed by atoms with van der Waals surface area (Å²) in [7, 11) is 1.92. The molecule has 250 valence electrons. The molecule has 6 heteroatoms. The zero-order valence-electron chi connectivity index (χ0n) is 29.6. The maximum Gasteiger partial charge on any atom is 0.248 e. The predicted octanol–water partition coefficient (Wildman–Crippen LogP) is 8.34. The molecule has 2 fully saturated rings. The number of nitrogens with one attached hydrogen (secondary N) is 3. The van der Waals surface area contributed by atoms with Crippen molar-refractivity contribution in [2.75, 3.05) is 12.4 Å². The molecule has 0 spiro atoms. The summed E-state index contributed by atoms with van der Waals surface area (Å²) in [6.45, 7) is 19.8. The Bertz CT molecular complexity index is 1380. The first kappa shape index (κ1) is 35.7. The third kappa shape index (κ3) is 9.21. The molecule has 1 amide bonds. The van der Waals surface area contributed by atoms with Gasteiger partial charge in [-0.3, -0.25) is 15.6 Å². The smallest absolute Gasteiger partial charge is 0.248 e. The van der Waals surface area contributed by atoms with Crippen LogP contribution in [0.5, 0.6) is 0 Å². The van der Waals surface area contributed by atoms with Crippen LogP contribution in [0.3, 0.4) is 0 Å². The molecule has 2 aliphatic heterocycles. The first-order chi connectivity index (χ1) is 21.9. The molecule has 2 saturated heterocycles. The van der Waals surface area contributed by atoms with Crippen molar-refractivity contribution in [3.05, 3.63) is 101 Å². The van der Waals surface area contributed by atoms with Crippen LogP contribution in [-0.2, 0) is 16.0 Å². The van der Waals surface area contributed by atoms with Crippen LogP contribution in [0.15, 0.2) is 95.3 Å². The molecule has 0 bridgehead atoms. The summed E-state index contributed by atoms with van der Waals surface area (Å²) < 4.78 is 6.55. The van der Waals surface area contributed by atoms with Crippen molar-refractivity contribution in [3.8, 4) is 0 Å². The van der Waals surface area contributed by atoms with Crippen LogP contribution in [0.25, 0.3) is 0 Å². The highest BCUT2D eigenvalue weighted by atomic mass is 16.5. The summed E-state index contributed by atoms with van der Waals surface area (Å²) in [4.78, 5) is 15.2. The van der Waals surface area contributed by atoms with Gasteiger partial charge in [-0.25, -0.2) is 0 Å². The quantitative estimate of drug-likeness (QED) is 0.0839. The van der Waals surface area contributed by atoms with Gasteiger partial charge in [-0.15, -0.1) is 0 Å². The van der Waals surface area contributed by atoms with Crippen LogP contribution in [0, 0.1) is 5.41 Å². The van der Waals surface area contributed by atoms with E-state index in [2.05, 4.69) is 99.6 Å². The molecule has 6 nitrogen and oxygen atoms in total. The predicted molar refractivity (Wildman–Crippen MR) is 193 cm³/mol. The number of ether oxygens (including phenoxy) is 1. The minimum atomic E-state index is -0.136. The lowest BCUT2D eigenvalue weighted by atomic mass is 9.72. The lowest BCUT2D eigenvalue weighted by Gasteiger charge is -2.33. The summed E-state index contributed by atoms with van der Waals surface area (Å²) in [5, 5.41) is 3.01. The third-order valence-corrected chi connectivity index (χ3v) is 9.83. The largest absolute Gasteiger partial charge is 0.371 e. The zero-order valence-corrected chi connectivity index (χ0v) is 29.6. The number of hydrazine groups is 1. The molecular weight excluding hydrogens is 568 g/mol. The summed E-state index contributed by atoms with van der Waals surface area (Å²) in [5.74, 6) is -0.136. The van der Waals surface area contributed by atoms with Gasteiger partial charge in [0.15, 0.2) is 0 Å². The summed E-state index contributed by atoms with van der Waals surface area (Å²) in [6, 6.07) is 9.04. The lowest BCUT2D eigenvalue weighted by Crippen LogP contribution is -2.56. The van der Waals surface area contributed by atoms with Crippen LogP contribution in [-0.4, -0.2) is 48.2 Å². The zero-order chi connectivity index (χ0) is 33.4. The Kier molecular flexibility index (Phi) is 12.5. The van der Waals surface area contributed by atoms with Gasteiger partial charge in [0.1, 0.15) is 0 Å². The van der Waals surface area contributed by atoms with Crippen molar-refractivity contribution in [1.82, 2.24) is 15.8 Å². The Hall–Kier alpha value is -3.19. The fraction of sp³-hybridized carbons (Fsp3) is 0.525. The second kappa shape index (κ2) is 16.1. The molecule has 2 heterocycles. The van der Waals surface area contributed by atoms with E-state index in [4.69, 9.17) is 4.74 Å². The van der Waals surface area contributed by atoms with Gasteiger partial charge >= 0.3 is 0 Å². The number of amides is 1. The van der Waals surface area contributed by atoms with Crippen molar-refractivity contribution in [3.63, 3.8) is 0 Å². The second-order valence-corrected chi connectivity index (χ2v) is 14.2. The van der Waals surface area contributed by atoms with E-state index in [1.165, 1.54) is 60.1 Å². The van der Waals surface area contributed by atoms with Crippen molar-refractivity contribution in [1.29, 1.82) is 0 Å². The standard InChI is InChI=1S/C40H58N4O2/c1-10-11-17-30(5)44-38-31(6)46-35(37(39(38)44)43-41-9)26-32-19-21-33(22-20-32)42-36(45)25-28(3)15-12-14-27(2)18-23-34-29(4)16-13-24-40(34,7)8/h12,14-15,18-23,25,31,35,37-39,41,43H,5,10-11,13,16-17,24,26H2,1-4,6-9H3,(H,42,45)/b15-12+,23-18+,27-14+,28-25+.